The molecule has 2 heterocycles. The van der Waals surface area contributed by atoms with E-state index >= 15 is 0 Å². The fourth-order valence-electron chi connectivity index (χ4n) is 1.95. The Kier molecular flexibility index (Phi) is 6.24. The van der Waals surface area contributed by atoms with Crippen molar-refractivity contribution in [2.75, 3.05) is 13.2 Å². The monoisotopic (exact) mass is 294 g/mol. The summed E-state index contributed by atoms with van der Waals surface area (Å²) < 4.78 is 11.2. The molecule has 0 aliphatic heterocycles. The number of aryl methyl sites for hydroxylation is 1. The summed E-state index contributed by atoms with van der Waals surface area (Å²) in [6, 6.07) is 2.01. The van der Waals surface area contributed by atoms with Gasteiger partial charge in [0.25, 0.3) is 0 Å². The molecular weight excluding hydrogens is 272 g/mol. The molecule has 2 rings (SSSR count). The highest BCUT2D eigenvalue weighted by Crippen LogP contribution is 2.14. The molecule has 0 aliphatic rings. The van der Waals surface area contributed by atoms with Gasteiger partial charge in [0, 0.05) is 23.4 Å². The zero-order chi connectivity index (χ0) is 14.2. The van der Waals surface area contributed by atoms with Crippen LogP contribution in [0.25, 0.3) is 0 Å². The highest BCUT2D eigenvalue weighted by Gasteiger charge is 2.07. The lowest BCUT2D eigenvalue weighted by Gasteiger charge is -2.05. The average molecular weight is 294 g/mol. The van der Waals surface area contributed by atoms with Crippen LogP contribution in [-0.4, -0.2) is 18.1 Å². The number of thiazole rings is 1. The molecule has 0 saturated heterocycles. The summed E-state index contributed by atoms with van der Waals surface area (Å²) in [6.45, 7) is 7.30. The van der Waals surface area contributed by atoms with E-state index in [0.717, 1.165) is 37.4 Å². The van der Waals surface area contributed by atoms with Gasteiger partial charge < -0.3 is 14.5 Å². The summed E-state index contributed by atoms with van der Waals surface area (Å²) >= 11 is 1.69. The lowest BCUT2D eigenvalue weighted by Crippen LogP contribution is -2.14. The fraction of sp³-hybridized carbons (Fsp3) is 0.533. The highest BCUT2D eigenvalue weighted by molar-refractivity contribution is 7.09. The van der Waals surface area contributed by atoms with Crippen molar-refractivity contribution in [3.63, 3.8) is 0 Å². The molecule has 2 aromatic rings. The summed E-state index contributed by atoms with van der Waals surface area (Å²) in [7, 11) is 0. The standard InChI is InChI=1S/C15H22N2O2S/c1-3-6-16-9-13-4-8-19-14(13)10-18-7-5-15-12(2)17-11-20-15/h4,8,11,16H,3,5-7,9-10H2,1-2H3. The molecule has 0 bridgehead atoms. The number of hydrogen-bond donors (Lipinski definition) is 1. The van der Waals surface area contributed by atoms with Crippen LogP contribution in [0.3, 0.4) is 0 Å². The van der Waals surface area contributed by atoms with E-state index in [1.807, 2.05) is 18.5 Å². The van der Waals surface area contributed by atoms with Crippen molar-refractivity contribution in [1.82, 2.24) is 10.3 Å². The first-order chi connectivity index (χ1) is 9.81. The third-order valence-electron chi connectivity index (χ3n) is 3.13. The third-order valence-corrected chi connectivity index (χ3v) is 4.13. The van der Waals surface area contributed by atoms with E-state index < -0.39 is 0 Å². The number of aromatic nitrogens is 1. The summed E-state index contributed by atoms with van der Waals surface area (Å²) in [5, 5.41) is 3.38. The Hall–Kier alpha value is -1.17. The van der Waals surface area contributed by atoms with Crippen LogP contribution >= 0.6 is 11.3 Å². The average Bonchev–Trinajstić information content (AvgIpc) is 3.05. The number of ether oxygens (including phenoxy) is 1. The van der Waals surface area contributed by atoms with E-state index in [0.29, 0.717) is 13.2 Å². The Morgan fingerprint density at radius 1 is 1.45 bits per heavy atom. The maximum atomic E-state index is 5.71. The van der Waals surface area contributed by atoms with Gasteiger partial charge in [-0.15, -0.1) is 11.3 Å². The van der Waals surface area contributed by atoms with Crippen LogP contribution in [-0.2, 0) is 24.3 Å². The predicted octanol–water partition coefficient (Wildman–Crippen LogP) is 3.30. The van der Waals surface area contributed by atoms with Crippen LogP contribution in [0.2, 0.25) is 0 Å². The van der Waals surface area contributed by atoms with Gasteiger partial charge >= 0.3 is 0 Å². The first-order valence-electron chi connectivity index (χ1n) is 7.04. The van der Waals surface area contributed by atoms with Gasteiger partial charge in [0.1, 0.15) is 12.4 Å². The van der Waals surface area contributed by atoms with Crippen LogP contribution in [0.5, 0.6) is 0 Å². The normalized spacial score (nSPS) is 11.1. The Balaban J connectivity index is 1.71. The van der Waals surface area contributed by atoms with Gasteiger partial charge in [-0.05, 0) is 26.0 Å². The van der Waals surface area contributed by atoms with Crippen LogP contribution < -0.4 is 5.32 Å². The van der Waals surface area contributed by atoms with Crippen LogP contribution in [0.15, 0.2) is 22.3 Å². The predicted molar refractivity (Wildman–Crippen MR) is 80.9 cm³/mol. The number of hydrogen-bond acceptors (Lipinski definition) is 5. The Morgan fingerprint density at radius 3 is 3.10 bits per heavy atom. The lowest BCUT2D eigenvalue weighted by molar-refractivity contribution is 0.108. The molecule has 0 fully saturated rings. The van der Waals surface area contributed by atoms with Crippen molar-refractivity contribution in [3.8, 4) is 0 Å². The molecule has 1 N–H and O–H groups in total. The molecule has 20 heavy (non-hydrogen) atoms. The molecule has 5 heteroatoms. The van der Waals surface area contributed by atoms with E-state index in [9.17, 15) is 0 Å². The first-order valence-corrected chi connectivity index (χ1v) is 7.92. The van der Waals surface area contributed by atoms with Crippen LogP contribution in [0, 0.1) is 6.92 Å². The summed E-state index contributed by atoms with van der Waals surface area (Å²) in [5.41, 5.74) is 4.18. The van der Waals surface area contributed by atoms with Gasteiger partial charge in [0.05, 0.1) is 24.1 Å². The molecular formula is C15H22N2O2S. The van der Waals surface area contributed by atoms with Gasteiger partial charge in [0.15, 0.2) is 0 Å². The molecule has 2 aromatic heterocycles. The number of rotatable bonds is 9. The maximum Gasteiger partial charge on any atom is 0.133 e. The lowest BCUT2D eigenvalue weighted by atomic mass is 10.2. The van der Waals surface area contributed by atoms with Crippen molar-refractivity contribution in [3.05, 3.63) is 39.7 Å². The Morgan fingerprint density at radius 2 is 2.35 bits per heavy atom. The number of nitrogens with zero attached hydrogens (tertiary/aromatic N) is 1. The second kappa shape index (κ2) is 8.19. The van der Waals surface area contributed by atoms with Crippen molar-refractivity contribution in [1.29, 1.82) is 0 Å². The largest absolute Gasteiger partial charge is 0.467 e. The summed E-state index contributed by atoms with van der Waals surface area (Å²) in [6.07, 6.45) is 3.79. The minimum Gasteiger partial charge on any atom is -0.467 e. The van der Waals surface area contributed by atoms with Crippen molar-refractivity contribution in [2.24, 2.45) is 0 Å². The molecule has 0 aliphatic carbocycles. The molecule has 0 saturated carbocycles. The van der Waals surface area contributed by atoms with Gasteiger partial charge in [0.2, 0.25) is 0 Å². The van der Waals surface area contributed by atoms with E-state index in [4.69, 9.17) is 9.15 Å². The molecule has 110 valence electrons. The third kappa shape index (κ3) is 4.44. The second-order valence-corrected chi connectivity index (χ2v) is 5.65. The van der Waals surface area contributed by atoms with Crippen molar-refractivity contribution in [2.45, 2.75) is 39.8 Å². The molecule has 0 atom stereocenters. The van der Waals surface area contributed by atoms with Gasteiger partial charge in [-0.1, -0.05) is 6.92 Å². The SMILES string of the molecule is CCCNCc1ccoc1COCCc1scnc1C. The van der Waals surface area contributed by atoms with Crippen molar-refractivity contribution < 1.29 is 9.15 Å². The molecule has 0 amide bonds. The second-order valence-electron chi connectivity index (χ2n) is 4.71. The highest BCUT2D eigenvalue weighted by atomic mass is 32.1. The van der Waals surface area contributed by atoms with Crippen molar-refractivity contribution >= 4 is 11.3 Å². The zero-order valence-electron chi connectivity index (χ0n) is 12.1. The maximum absolute atomic E-state index is 5.71. The number of nitrogens with one attached hydrogen (secondary N) is 1. The summed E-state index contributed by atoms with van der Waals surface area (Å²) in [4.78, 5) is 5.54. The zero-order valence-corrected chi connectivity index (χ0v) is 13.0. The van der Waals surface area contributed by atoms with Crippen LogP contribution in [0.1, 0.15) is 35.2 Å². The van der Waals surface area contributed by atoms with Gasteiger partial charge in [-0.3, -0.25) is 0 Å². The van der Waals surface area contributed by atoms with E-state index in [2.05, 4.69) is 17.2 Å². The minimum atomic E-state index is 0.536. The first kappa shape index (κ1) is 15.2. The number of furan rings is 1. The van der Waals surface area contributed by atoms with E-state index in [1.54, 1.807) is 17.6 Å². The van der Waals surface area contributed by atoms with Gasteiger partial charge in [-0.2, -0.15) is 0 Å². The quantitative estimate of drug-likeness (QED) is 0.721. The Labute approximate surface area is 124 Å². The molecule has 0 spiro atoms. The Bertz CT molecular complexity index is 507. The molecule has 4 nitrogen and oxygen atoms in total. The van der Waals surface area contributed by atoms with E-state index in [1.165, 1.54) is 10.4 Å². The molecule has 0 aromatic carbocycles. The van der Waals surface area contributed by atoms with Crippen LogP contribution in [0.4, 0.5) is 0 Å². The van der Waals surface area contributed by atoms with E-state index in [-0.39, 0.29) is 0 Å². The summed E-state index contributed by atoms with van der Waals surface area (Å²) in [5.74, 6) is 0.926. The molecule has 0 unspecified atom stereocenters. The van der Waals surface area contributed by atoms with Gasteiger partial charge in [-0.25, -0.2) is 4.98 Å². The topological polar surface area (TPSA) is 47.3 Å². The smallest absolute Gasteiger partial charge is 0.133 e. The minimum absolute atomic E-state index is 0.536. The fourth-order valence-corrected chi connectivity index (χ4v) is 2.71. The molecule has 0 radical (unpaired) electrons.